The molecule has 0 aromatic rings. The number of ether oxygens (including phenoxy) is 3. The number of hydrogen-bond acceptors (Lipinski definition) is 5. The standard InChI is InChI=1S/C15H27NO6/c1-10(8-21-11-6-7-20-9-11)12(13(17)18)16(5)14(19)22-15(2,3)4/h10-12H,6-9H2,1-5H3,(H,17,18)/t10-,11+,12+/m1/s1. The van der Waals surface area contributed by atoms with Crippen molar-refractivity contribution < 1.29 is 28.9 Å². The van der Waals surface area contributed by atoms with E-state index in [9.17, 15) is 14.7 Å². The second-order valence-corrected chi connectivity index (χ2v) is 6.67. The molecule has 1 fully saturated rings. The Bertz CT molecular complexity index is 386. The summed E-state index contributed by atoms with van der Waals surface area (Å²) >= 11 is 0. The van der Waals surface area contributed by atoms with E-state index in [1.165, 1.54) is 7.05 Å². The van der Waals surface area contributed by atoms with Gasteiger partial charge in [0, 0.05) is 19.6 Å². The van der Waals surface area contributed by atoms with Crippen LogP contribution in [0.4, 0.5) is 4.79 Å². The van der Waals surface area contributed by atoms with E-state index in [-0.39, 0.29) is 18.6 Å². The molecule has 0 aliphatic carbocycles. The fourth-order valence-corrected chi connectivity index (χ4v) is 2.26. The third kappa shape index (κ3) is 5.81. The van der Waals surface area contributed by atoms with Crippen LogP contribution in [0, 0.1) is 5.92 Å². The molecule has 1 saturated heterocycles. The predicted octanol–water partition coefficient (Wildman–Crippen LogP) is 1.75. The lowest BCUT2D eigenvalue weighted by molar-refractivity contribution is -0.145. The smallest absolute Gasteiger partial charge is 0.410 e. The van der Waals surface area contributed by atoms with Crippen LogP contribution in [0.3, 0.4) is 0 Å². The fraction of sp³-hybridized carbons (Fsp3) is 0.867. The minimum absolute atomic E-state index is 0.00345. The lowest BCUT2D eigenvalue weighted by Crippen LogP contribution is -2.49. The Morgan fingerprint density at radius 2 is 2.05 bits per heavy atom. The van der Waals surface area contributed by atoms with Gasteiger partial charge in [-0.3, -0.25) is 4.90 Å². The predicted molar refractivity (Wildman–Crippen MR) is 79.8 cm³/mol. The van der Waals surface area contributed by atoms with E-state index >= 15 is 0 Å². The quantitative estimate of drug-likeness (QED) is 0.803. The normalized spacial score (nSPS) is 21.2. The Hall–Kier alpha value is -1.34. The van der Waals surface area contributed by atoms with Gasteiger partial charge in [-0.25, -0.2) is 9.59 Å². The average molecular weight is 317 g/mol. The summed E-state index contributed by atoms with van der Waals surface area (Å²) in [5, 5.41) is 9.42. The molecular weight excluding hydrogens is 290 g/mol. The van der Waals surface area contributed by atoms with E-state index < -0.39 is 23.7 Å². The third-order valence-electron chi connectivity index (χ3n) is 3.37. The van der Waals surface area contributed by atoms with Gasteiger partial charge in [-0.15, -0.1) is 0 Å². The van der Waals surface area contributed by atoms with Crippen molar-refractivity contribution in [3.8, 4) is 0 Å². The van der Waals surface area contributed by atoms with Gasteiger partial charge in [0.25, 0.3) is 0 Å². The van der Waals surface area contributed by atoms with Crippen LogP contribution in [0.1, 0.15) is 34.1 Å². The first-order chi connectivity index (χ1) is 10.1. The van der Waals surface area contributed by atoms with E-state index in [2.05, 4.69) is 0 Å². The van der Waals surface area contributed by atoms with Crippen molar-refractivity contribution in [3.63, 3.8) is 0 Å². The molecule has 1 aliphatic rings. The summed E-state index contributed by atoms with van der Waals surface area (Å²) in [6, 6.07) is -1.00. The van der Waals surface area contributed by atoms with E-state index in [1.807, 2.05) is 0 Å². The number of carboxylic acids is 1. The van der Waals surface area contributed by atoms with Crippen molar-refractivity contribution in [2.75, 3.05) is 26.9 Å². The Labute approximate surface area is 131 Å². The Kier molecular flexibility index (Phi) is 6.62. The maximum absolute atomic E-state index is 12.0. The van der Waals surface area contributed by atoms with Crippen LogP contribution < -0.4 is 0 Å². The molecule has 1 rings (SSSR count). The summed E-state index contributed by atoms with van der Waals surface area (Å²) in [6.07, 6.45) is 0.159. The molecule has 1 aliphatic heterocycles. The highest BCUT2D eigenvalue weighted by Crippen LogP contribution is 2.17. The van der Waals surface area contributed by atoms with Crippen molar-refractivity contribution in [1.29, 1.82) is 0 Å². The molecule has 0 unspecified atom stereocenters. The van der Waals surface area contributed by atoms with E-state index in [0.29, 0.717) is 13.2 Å². The maximum atomic E-state index is 12.0. The van der Waals surface area contributed by atoms with Crippen LogP contribution in [0.25, 0.3) is 0 Å². The van der Waals surface area contributed by atoms with Crippen LogP contribution in [0.5, 0.6) is 0 Å². The third-order valence-corrected chi connectivity index (χ3v) is 3.37. The Morgan fingerprint density at radius 1 is 1.41 bits per heavy atom. The first-order valence-electron chi connectivity index (χ1n) is 7.49. The number of nitrogens with zero attached hydrogens (tertiary/aromatic N) is 1. The molecule has 1 N–H and O–H groups in total. The summed E-state index contributed by atoms with van der Waals surface area (Å²) in [5.74, 6) is -1.44. The molecule has 7 nitrogen and oxygen atoms in total. The SMILES string of the molecule is C[C@H](CO[C@H]1CCOC1)[C@@H](C(=O)O)N(C)C(=O)OC(C)(C)C. The molecule has 0 aromatic carbocycles. The zero-order valence-electron chi connectivity index (χ0n) is 14.0. The number of carbonyl (C=O) groups is 2. The summed E-state index contributed by atoms with van der Waals surface area (Å²) in [5.41, 5.74) is -0.671. The number of likely N-dealkylation sites (N-methyl/N-ethyl adjacent to an activating group) is 1. The van der Waals surface area contributed by atoms with Gasteiger partial charge in [-0.1, -0.05) is 6.92 Å². The molecule has 1 heterocycles. The molecule has 0 spiro atoms. The molecule has 128 valence electrons. The number of carboxylic acid groups (broad SMARTS) is 1. The molecule has 3 atom stereocenters. The summed E-state index contributed by atoms with van der Waals surface area (Å²) in [4.78, 5) is 24.7. The Morgan fingerprint density at radius 3 is 2.50 bits per heavy atom. The lowest BCUT2D eigenvalue weighted by atomic mass is 10.0. The Balaban J connectivity index is 2.61. The van der Waals surface area contributed by atoms with E-state index in [1.54, 1.807) is 27.7 Å². The lowest BCUT2D eigenvalue weighted by Gasteiger charge is -2.31. The first kappa shape index (κ1) is 18.7. The summed E-state index contributed by atoms with van der Waals surface area (Å²) < 4.78 is 16.1. The molecule has 0 aromatic heterocycles. The fourth-order valence-electron chi connectivity index (χ4n) is 2.26. The van der Waals surface area contributed by atoms with Crippen molar-refractivity contribution in [1.82, 2.24) is 4.90 Å². The van der Waals surface area contributed by atoms with Gasteiger partial charge in [0.2, 0.25) is 0 Å². The summed E-state index contributed by atoms with van der Waals surface area (Å²) in [7, 11) is 1.43. The van der Waals surface area contributed by atoms with Crippen molar-refractivity contribution in [2.24, 2.45) is 5.92 Å². The maximum Gasteiger partial charge on any atom is 0.410 e. The highest BCUT2D eigenvalue weighted by molar-refractivity contribution is 5.80. The van der Waals surface area contributed by atoms with Gasteiger partial charge >= 0.3 is 12.1 Å². The minimum Gasteiger partial charge on any atom is -0.480 e. The molecule has 0 saturated carbocycles. The molecule has 1 amide bonds. The van der Waals surface area contributed by atoms with Crippen molar-refractivity contribution in [2.45, 2.75) is 51.9 Å². The van der Waals surface area contributed by atoms with Gasteiger partial charge in [0.15, 0.2) is 0 Å². The van der Waals surface area contributed by atoms with Gasteiger partial charge in [-0.2, -0.15) is 0 Å². The zero-order chi connectivity index (χ0) is 16.9. The van der Waals surface area contributed by atoms with Crippen LogP contribution in [0.2, 0.25) is 0 Å². The highest BCUT2D eigenvalue weighted by atomic mass is 16.6. The second kappa shape index (κ2) is 7.78. The number of amides is 1. The number of carbonyl (C=O) groups excluding carboxylic acids is 1. The van der Waals surface area contributed by atoms with E-state index in [0.717, 1.165) is 11.3 Å². The highest BCUT2D eigenvalue weighted by Gasteiger charge is 2.35. The minimum atomic E-state index is -1.08. The van der Waals surface area contributed by atoms with Crippen LogP contribution in [-0.4, -0.2) is 66.7 Å². The molecule has 0 bridgehead atoms. The van der Waals surface area contributed by atoms with Crippen LogP contribution in [-0.2, 0) is 19.0 Å². The van der Waals surface area contributed by atoms with Crippen LogP contribution >= 0.6 is 0 Å². The van der Waals surface area contributed by atoms with Gasteiger partial charge < -0.3 is 19.3 Å². The van der Waals surface area contributed by atoms with E-state index in [4.69, 9.17) is 14.2 Å². The van der Waals surface area contributed by atoms with Crippen LogP contribution in [0.15, 0.2) is 0 Å². The van der Waals surface area contributed by atoms with Crippen molar-refractivity contribution in [3.05, 3.63) is 0 Å². The second-order valence-electron chi connectivity index (χ2n) is 6.67. The number of hydrogen-bond donors (Lipinski definition) is 1. The summed E-state index contributed by atoms with van der Waals surface area (Å²) in [6.45, 7) is 8.41. The van der Waals surface area contributed by atoms with Crippen molar-refractivity contribution >= 4 is 12.1 Å². The van der Waals surface area contributed by atoms with Gasteiger partial charge in [-0.05, 0) is 27.2 Å². The zero-order valence-corrected chi connectivity index (χ0v) is 14.0. The number of rotatable bonds is 6. The number of aliphatic carboxylic acids is 1. The molecule has 0 radical (unpaired) electrons. The average Bonchev–Trinajstić information content (AvgIpc) is 2.86. The monoisotopic (exact) mass is 317 g/mol. The molecule has 22 heavy (non-hydrogen) atoms. The van der Waals surface area contributed by atoms with Gasteiger partial charge in [0.1, 0.15) is 11.6 Å². The largest absolute Gasteiger partial charge is 0.480 e. The van der Waals surface area contributed by atoms with Gasteiger partial charge in [0.05, 0.1) is 19.3 Å². The first-order valence-corrected chi connectivity index (χ1v) is 7.49. The molecular formula is C15H27NO6. The topological polar surface area (TPSA) is 85.3 Å². The molecule has 7 heteroatoms.